The van der Waals surface area contributed by atoms with Gasteiger partial charge in [0.25, 0.3) is 0 Å². The fourth-order valence-electron chi connectivity index (χ4n) is 3.82. The van der Waals surface area contributed by atoms with E-state index in [1.807, 2.05) is 29.8 Å². The molecule has 0 saturated carbocycles. The molecule has 0 radical (unpaired) electrons. The van der Waals surface area contributed by atoms with E-state index in [2.05, 4.69) is 137 Å². The Bertz CT molecular complexity index is 2280. The predicted octanol–water partition coefficient (Wildman–Crippen LogP) is 5.05. The number of aromatic nitrogens is 4. The summed E-state index contributed by atoms with van der Waals surface area (Å²) < 4.78 is 15.6. The SMILES string of the molecule is C#CC#CC#CC#CC#CC#CC#CC#CC#C.CNCc1ccn2c(-c3ccnc(NCC(C)(C)C)n3)c(-c3ccc(F)cc3)nc2c1. The first-order chi connectivity index (χ1) is 23.8. The summed E-state index contributed by atoms with van der Waals surface area (Å²) in [6.07, 6.45) is 13.5. The van der Waals surface area contributed by atoms with Crippen LogP contribution in [-0.2, 0) is 6.54 Å². The number of halogens is 1. The molecule has 0 amide bonds. The minimum atomic E-state index is -0.277. The highest BCUT2D eigenvalue weighted by Gasteiger charge is 2.19. The molecule has 0 spiro atoms. The van der Waals surface area contributed by atoms with Crippen LogP contribution in [0.15, 0.2) is 54.9 Å². The first-order valence-electron chi connectivity index (χ1n) is 14.7. The molecule has 3 heterocycles. The van der Waals surface area contributed by atoms with E-state index in [0.717, 1.165) is 46.9 Å². The quantitative estimate of drug-likeness (QED) is 0.290. The number of nitrogens with zero attached hydrogens (tertiary/aromatic N) is 4. The van der Waals surface area contributed by atoms with Gasteiger partial charge in [0.2, 0.25) is 5.95 Å². The van der Waals surface area contributed by atoms with Gasteiger partial charge < -0.3 is 10.6 Å². The summed E-state index contributed by atoms with van der Waals surface area (Å²) in [5, 5.41) is 6.48. The third-order valence-electron chi connectivity index (χ3n) is 5.82. The number of imidazole rings is 1. The summed E-state index contributed by atoms with van der Waals surface area (Å²) in [5.41, 5.74) is 5.22. The third kappa shape index (κ3) is 12.6. The average molecular weight is 637 g/mol. The van der Waals surface area contributed by atoms with Crippen molar-refractivity contribution in [3.8, 4) is 130 Å². The molecule has 49 heavy (non-hydrogen) atoms. The molecule has 4 aromatic rings. The zero-order valence-electron chi connectivity index (χ0n) is 27.4. The van der Waals surface area contributed by atoms with Crippen LogP contribution >= 0.6 is 0 Å². The molecule has 3 aromatic heterocycles. The minimum Gasteiger partial charge on any atom is -0.354 e. The second kappa shape index (κ2) is 19.3. The van der Waals surface area contributed by atoms with Crippen LogP contribution in [0.3, 0.4) is 0 Å². The van der Waals surface area contributed by atoms with Crippen molar-refractivity contribution >= 4 is 11.6 Å². The second-order valence-electron chi connectivity index (χ2n) is 10.8. The first kappa shape index (κ1) is 36.2. The maximum absolute atomic E-state index is 13.5. The fraction of sp³-hybridized carbons (Fsp3) is 0.167. The molecule has 0 aliphatic heterocycles. The number of anilines is 1. The van der Waals surface area contributed by atoms with Crippen molar-refractivity contribution in [3.63, 3.8) is 0 Å². The molecule has 0 unspecified atom stereocenters. The van der Waals surface area contributed by atoms with Gasteiger partial charge in [0.1, 0.15) is 11.5 Å². The van der Waals surface area contributed by atoms with Crippen molar-refractivity contribution in [1.82, 2.24) is 24.7 Å². The molecule has 4 rings (SSSR count). The van der Waals surface area contributed by atoms with E-state index in [4.69, 9.17) is 22.8 Å². The summed E-state index contributed by atoms with van der Waals surface area (Å²) in [6, 6.07) is 12.4. The lowest BCUT2D eigenvalue weighted by atomic mass is 9.97. The van der Waals surface area contributed by atoms with Gasteiger partial charge in [-0.2, -0.15) is 0 Å². The van der Waals surface area contributed by atoms with E-state index in [1.54, 1.807) is 18.3 Å². The number of hydrogen-bond donors (Lipinski definition) is 2. The zero-order chi connectivity index (χ0) is 35.3. The van der Waals surface area contributed by atoms with Gasteiger partial charge >= 0.3 is 0 Å². The molecule has 0 aliphatic rings. The second-order valence-corrected chi connectivity index (χ2v) is 10.8. The molecule has 0 fully saturated rings. The van der Waals surface area contributed by atoms with E-state index < -0.39 is 0 Å². The Morgan fingerprint density at radius 3 is 1.82 bits per heavy atom. The molecule has 6 nitrogen and oxygen atoms in total. The van der Waals surface area contributed by atoms with Crippen molar-refractivity contribution < 1.29 is 4.39 Å². The Labute approximate surface area is 288 Å². The normalized spacial score (nSPS) is 8.80. The Morgan fingerprint density at radius 1 is 0.755 bits per heavy atom. The topological polar surface area (TPSA) is 67.1 Å². The van der Waals surface area contributed by atoms with Gasteiger partial charge in [-0.05, 0) is 155 Å². The fourth-order valence-corrected chi connectivity index (χ4v) is 3.82. The van der Waals surface area contributed by atoms with Crippen LogP contribution in [0.5, 0.6) is 0 Å². The van der Waals surface area contributed by atoms with Crippen LogP contribution in [0.1, 0.15) is 26.3 Å². The van der Waals surface area contributed by atoms with Gasteiger partial charge in [-0.15, -0.1) is 12.8 Å². The zero-order valence-corrected chi connectivity index (χ0v) is 27.4. The number of hydrogen-bond acceptors (Lipinski definition) is 5. The molecule has 0 aliphatic carbocycles. The summed E-state index contributed by atoms with van der Waals surface area (Å²) in [5.74, 6) is 38.5. The maximum Gasteiger partial charge on any atom is 0.223 e. The number of pyridine rings is 1. The van der Waals surface area contributed by atoms with Crippen LogP contribution in [0.2, 0.25) is 0 Å². The van der Waals surface area contributed by atoms with Crippen molar-refractivity contribution in [2.75, 3.05) is 18.9 Å². The molecule has 0 saturated heterocycles. The van der Waals surface area contributed by atoms with E-state index in [-0.39, 0.29) is 11.2 Å². The summed E-state index contributed by atoms with van der Waals surface area (Å²) in [6.45, 7) is 7.97. The van der Waals surface area contributed by atoms with Gasteiger partial charge in [0, 0.05) is 31.0 Å². The number of nitrogens with one attached hydrogen (secondary N) is 2. The molecular weight excluding hydrogens is 608 g/mol. The van der Waals surface area contributed by atoms with Gasteiger partial charge in [-0.25, -0.2) is 19.3 Å². The van der Waals surface area contributed by atoms with Gasteiger partial charge in [-0.3, -0.25) is 4.40 Å². The molecule has 234 valence electrons. The summed E-state index contributed by atoms with van der Waals surface area (Å²) in [7, 11) is 1.91. The lowest BCUT2D eigenvalue weighted by Gasteiger charge is -2.18. The number of rotatable bonds is 6. The van der Waals surface area contributed by atoms with Crippen LogP contribution in [0, 0.1) is 119 Å². The number of fused-ring (bicyclic) bond motifs is 1. The first-order valence-corrected chi connectivity index (χ1v) is 14.7. The van der Waals surface area contributed by atoms with E-state index in [0.29, 0.717) is 5.95 Å². The van der Waals surface area contributed by atoms with Gasteiger partial charge in [-0.1, -0.05) is 20.8 Å². The standard InChI is InChI=1S/C24H27FN6.C18H2/c1-24(2,3)15-28-23-27-11-9-19(29-23)22-21(17-5-7-18(25)8-6-17)30-20-13-16(14-26-4)10-12-31(20)22;1-3-5-7-9-11-13-15-17-18-16-14-12-10-8-6-4-2/h5-13,26H,14-15H2,1-4H3,(H,27,28,29);1-2H. The third-order valence-corrected chi connectivity index (χ3v) is 5.82. The van der Waals surface area contributed by atoms with Crippen molar-refractivity contribution in [3.05, 3.63) is 66.2 Å². The Hall–Kier alpha value is -7.28. The summed E-state index contributed by atoms with van der Waals surface area (Å²) >= 11 is 0. The van der Waals surface area contributed by atoms with E-state index in [1.165, 1.54) is 12.1 Å². The highest BCUT2D eigenvalue weighted by molar-refractivity contribution is 5.80. The number of benzene rings is 1. The molecule has 7 heteroatoms. The van der Waals surface area contributed by atoms with Gasteiger partial charge in [0.15, 0.2) is 0 Å². The molecule has 1 aromatic carbocycles. The molecule has 2 N–H and O–H groups in total. The highest BCUT2D eigenvalue weighted by Crippen LogP contribution is 2.32. The van der Waals surface area contributed by atoms with Crippen molar-refractivity contribution in [1.29, 1.82) is 0 Å². The van der Waals surface area contributed by atoms with Crippen LogP contribution in [0.4, 0.5) is 10.3 Å². The van der Waals surface area contributed by atoms with Crippen LogP contribution < -0.4 is 10.6 Å². The van der Waals surface area contributed by atoms with Gasteiger partial charge in [0.05, 0.1) is 17.1 Å². The Morgan fingerprint density at radius 2 is 1.31 bits per heavy atom. The molecular formula is C42H29FN6. The van der Waals surface area contributed by atoms with Crippen LogP contribution in [0.25, 0.3) is 28.3 Å². The monoisotopic (exact) mass is 636 g/mol. The average Bonchev–Trinajstić information content (AvgIpc) is 3.47. The molecule has 0 atom stereocenters. The van der Waals surface area contributed by atoms with E-state index in [9.17, 15) is 4.39 Å². The lowest BCUT2D eigenvalue weighted by Crippen LogP contribution is -2.20. The summed E-state index contributed by atoms with van der Waals surface area (Å²) in [4.78, 5) is 14.0. The van der Waals surface area contributed by atoms with Crippen molar-refractivity contribution in [2.24, 2.45) is 5.41 Å². The largest absolute Gasteiger partial charge is 0.354 e. The predicted molar refractivity (Wildman–Crippen MR) is 194 cm³/mol. The minimum absolute atomic E-state index is 0.103. The Balaban J connectivity index is 0.000000311. The van der Waals surface area contributed by atoms with E-state index >= 15 is 0 Å². The smallest absolute Gasteiger partial charge is 0.223 e. The number of terminal acetylenes is 2. The Kier molecular flexibility index (Phi) is 14.2. The highest BCUT2D eigenvalue weighted by atomic mass is 19.1. The maximum atomic E-state index is 13.5. The van der Waals surface area contributed by atoms with Crippen molar-refractivity contribution in [2.45, 2.75) is 27.3 Å². The van der Waals surface area contributed by atoms with Crippen LogP contribution in [-0.4, -0.2) is 32.9 Å². The lowest BCUT2D eigenvalue weighted by molar-refractivity contribution is 0.442. The molecule has 0 bridgehead atoms.